The molecule has 3 aromatic rings. The van der Waals surface area contributed by atoms with Gasteiger partial charge in [0, 0.05) is 24.3 Å². The van der Waals surface area contributed by atoms with Gasteiger partial charge in [-0.25, -0.2) is 0 Å². The molecule has 0 spiro atoms. The average Bonchev–Trinajstić information content (AvgIpc) is 3.18. The number of carbonyl (C=O) groups excluding carboxylic acids is 1. The zero-order chi connectivity index (χ0) is 23.6. The van der Waals surface area contributed by atoms with Crippen LogP contribution in [0, 0.1) is 11.3 Å². The first-order chi connectivity index (χ1) is 16.0. The number of aromatic nitrogens is 3. The molecule has 2 aromatic carbocycles. The van der Waals surface area contributed by atoms with E-state index in [0.29, 0.717) is 40.6 Å². The number of hydrogen-bond donors (Lipinski definition) is 0. The summed E-state index contributed by atoms with van der Waals surface area (Å²) in [5.74, 6) is 2.07. The van der Waals surface area contributed by atoms with Gasteiger partial charge in [-0.05, 0) is 55.5 Å². The lowest BCUT2D eigenvalue weighted by molar-refractivity contribution is -0.116. The Kier molecular flexibility index (Phi) is 8.98. The highest BCUT2D eigenvalue weighted by Gasteiger charge is 2.18. The average molecular weight is 486 g/mol. The Morgan fingerprint density at radius 2 is 1.79 bits per heavy atom. The maximum absolute atomic E-state index is 13.0. The molecule has 8 nitrogen and oxygen atoms in total. The number of nitriles is 1. The normalized spacial score (nSPS) is 10.5. The van der Waals surface area contributed by atoms with Crippen molar-refractivity contribution >= 4 is 35.0 Å². The van der Waals surface area contributed by atoms with Gasteiger partial charge in [-0.1, -0.05) is 23.4 Å². The Hall–Kier alpha value is -3.22. The van der Waals surface area contributed by atoms with E-state index in [1.807, 2.05) is 38.2 Å². The highest BCUT2D eigenvalue weighted by atomic mass is 35.5. The fraction of sp³-hybridized carbons (Fsp3) is 0.304. The van der Waals surface area contributed by atoms with Gasteiger partial charge in [-0.2, -0.15) is 5.26 Å². The molecule has 0 atom stereocenters. The molecule has 0 aliphatic carbocycles. The summed E-state index contributed by atoms with van der Waals surface area (Å²) in [6.45, 7) is 3.02. The molecule has 1 aromatic heterocycles. The number of rotatable bonds is 11. The maximum atomic E-state index is 13.0. The van der Waals surface area contributed by atoms with Gasteiger partial charge >= 0.3 is 0 Å². The van der Waals surface area contributed by atoms with Crippen molar-refractivity contribution in [2.45, 2.75) is 25.1 Å². The first-order valence-electron chi connectivity index (χ1n) is 10.3. The van der Waals surface area contributed by atoms with Crippen molar-refractivity contribution in [3.63, 3.8) is 0 Å². The molecule has 0 radical (unpaired) electrons. The molecule has 0 aliphatic heterocycles. The lowest BCUT2D eigenvalue weighted by Crippen LogP contribution is -2.33. The van der Waals surface area contributed by atoms with Crippen molar-refractivity contribution < 1.29 is 14.3 Å². The lowest BCUT2D eigenvalue weighted by atomic mass is 10.2. The largest absolute Gasteiger partial charge is 0.494 e. The lowest BCUT2D eigenvalue weighted by Gasteiger charge is -2.22. The van der Waals surface area contributed by atoms with Gasteiger partial charge in [0.25, 0.3) is 0 Å². The predicted octanol–water partition coefficient (Wildman–Crippen LogP) is 4.49. The highest BCUT2D eigenvalue weighted by molar-refractivity contribution is 7.99. The summed E-state index contributed by atoms with van der Waals surface area (Å²) in [4.78, 5) is 14.6. The Bertz CT molecular complexity index is 1100. The second kappa shape index (κ2) is 12.1. The molecule has 0 aliphatic rings. The van der Waals surface area contributed by atoms with Crippen LogP contribution in [0.5, 0.6) is 11.5 Å². The van der Waals surface area contributed by atoms with Crippen LogP contribution in [0.1, 0.15) is 19.2 Å². The van der Waals surface area contributed by atoms with E-state index >= 15 is 0 Å². The van der Waals surface area contributed by atoms with E-state index in [9.17, 15) is 4.79 Å². The van der Waals surface area contributed by atoms with Crippen molar-refractivity contribution in [2.75, 3.05) is 23.8 Å². The van der Waals surface area contributed by atoms with Crippen LogP contribution in [0.25, 0.3) is 0 Å². The molecule has 3 rings (SSSR count). The number of hydrogen-bond acceptors (Lipinski definition) is 7. The van der Waals surface area contributed by atoms with E-state index in [1.165, 1.54) is 11.8 Å². The summed E-state index contributed by atoms with van der Waals surface area (Å²) in [6, 6.07) is 16.4. The molecule has 172 valence electrons. The molecular weight excluding hydrogens is 462 g/mol. The second-order valence-corrected chi connectivity index (χ2v) is 8.25. The monoisotopic (exact) mass is 485 g/mol. The fourth-order valence-corrected chi connectivity index (χ4v) is 3.86. The molecule has 0 saturated heterocycles. The van der Waals surface area contributed by atoms with Crippen molar-refractivity contribution in [1.82, 2.24) is 14.8 Å². The summed E-state index contributed by atoms with van der Waals surface area (Å²) < 4.78 is 13.0. The zero-order valence-corrected chi connectivity index (χ0v) is 20.0. The second-order valence-electron chi connectivity index (χ2n) is 6.87. The standard InChI is InChI=1S/C23H24ClN5O3S/c1-3-31-19-11-7-18(8-12-19)29(14-4-13-25)22(30)16-33-23-27-26-21(28(23)2)15-32-20-9-5-17(24)6-10-20/h5-12H,3-4,14-16H2,1-2H3. The summed E-state index contributed by atoms with van der Waals surface area (Å²) in [7, 11) is 1.83. The van der Waals surface area contributed by atoms with Crippen LogP contribution >= 0.6 is 23.4 Å². The van der Waals surface area contributed by atoms with Crippen LogP contribution < -0.4 is 14.4 Å². The van der Waals surface area contributed by atoms with E-state index in [1.54, 1.807) is 33.7 Å². The molecule has 0 N–H and O–H groups in total. The number of thioether (sulfide) groups is 1. The molecule has 1 heterocycles. The third kappa shape index (κ3) is 6.88. The molecule has 33 heavy (non-hydrogen) atoms. The third-order valence-corrected chi connectivity index (χ3v) is 5.90. The smallest absolute Gasteiger partial charge is 0.237 e. The van der Waals surface area contributed by atoms with Gasteiger partial charge in [-0.3, -0.25) is 4.79 Å². The van der Waals surface area contributed by atoms with E-state index in [-0.39, 0.29) is 24.7 Å². The van der Waals surface area contributed by atoms with E-state index in [4.69, 9.17) is 26.3 Å². The quantitative estimate of drug-likeness (QED) is 0.369. The number of ether oxygens (including phenoxy) is 2. The Labute approximate surface area is 202 Å². The summed E-state index contributed by atoms with van der Waals surface area (Å²) >= 11 is 7.17. The van der Waals surface area contributed by atoms with E-state index in [0.717, 1.165) is 5.75 Å². The SMILES string of the molecule is CCOc1ccc(N(CCC#N)C(=O)CSc2nnc(COc3ccc(Cl)cc3)n2C)cc1. The number of carbonyl (C=O) groups is 1. The maximum Gasteiger partial charge on any atom is 0.237 e. The van der Waals surface area contributed by atoms with Crippen LogP contribution in [0.4, 0.5) is 5.69 Å². The first kappa shape index (κ1) is 24.4. The summed E-state index contributed by atoms with van der Waals surface area (Å²) in [5, 5.41) is 18.6. The van der Waals surface area contributed by atoms with E-state index < -0.39 is 0 Å². The van der Waals surface area contributed by atoms with Crippen molar-refractivity contribution in [3.8, 4) is 17.6 Å². The Balaban J connectivity index is 1.61. The van der Waals surface area contributed by atoms with E-state index in [2.05, 4.69) is 16.3 Å². The number of amides is 1. The Morgan fingerprint density at radius 3 is 2.45 bits per heavy atom. The number of anilines is 1. The van der Waals surface area contributed by atoms with Gasteiger partial charge in [-0.15, -0.1) is 10.2 Å². The summed E-state index contributed by atoms with van der Waals surface area (Å²) in [6.07, 6.45) is 0.236. The molecular formula is C23H24ClN5O3S. The van der Waals surface area contributed by atoms with Gasteiger partial charge in [0.1, 0.15) is 18.1 Å². The predicted molar refractivity (Wildman–Crippen MR) is 128 cm³/mol. The van der Waals surface area contributed by atoms with Crippen LogP contribution in [0.3, 0.4) is 0 Å². The topological polar surface area (TPSA) is 93.3 Å². The van der Waals surface area contributed by atoms with Gasteiger partial charge < -0.3 is 18.9 Å². The molecule has 10 heteroatoms. The van der Waals surface area contributed by atoms with Crippen LogP contribution in [0.2, 0.25) is 5.02 Å². The fourth-order valence-electron chi connectivity index (χ4n) is 2.93. The summed E-state index contributed by atoms with van der Waals surface area (Å²) in [5.41, 5.74) is 0.717. The molecule has 0 bridgehead atoms. The van der Waals surface area contributed by atoms with Crippen LogP contribution in [-0.4, -0.2) is 39.6 Å². The minimum Gasteiger partial charge on any atom is -0.494 e. The van der Waals surface area contributed by atoms with Crippen molar-refractivity contribution in [2.24, 2.45) is 7.05 Å². The van der Waals surface area contributed by atoms with Crippen LogP contribution in [0.15, 0.2) is 53.7 Å². The third-order valence-electron chi connectivity index (χ3n) is 4.64. The highest BCUT2D eigenvalue weighted by Crippen LogP contribution is 2.23. The minimum atomic E-state index is -0.124. The minimum absolute atomic E-state index is 0.124. The van der Waals surface area contributed by atoms with Crippen molar-refractivity contribution in [3.05, 3.63) is 59.4 Å². The molecule has 1 amide bonds. The molecule has 0 fully saturated rings. The van der Waals surface area contributed by atoms with Gasteiger partial charge in [0.05, 0.1) is 24.8 Å². The van der Waals surface area contributed by atoms with Crippen molar-refractivity contribution in [1.29, 1.82) is 5.26 Å². The van der Waals surface area contributed by atoms with Gasteiger partial charge in [0.2, 0.25) is 5.91 Å². The van der Waals surface area contributed by atoms with Crippen LogP contribution in [-0.2, 0) is 18.4 Å². The zero-order valence-electron chi connectivity index (χ0n) is 18.4. The molecule has 0 saturated carbocycles. The van der Waals surface area contributed by atoms with Gasteiger partial charge in [0.15, 0.2) is 11.0 Å². The number of halogens is 1. The number of nitrogens with zero attached hydrogens (tertiary/aromatic N) is 5. The molecule has 0 unspecified atom stereocenters. The number of benzene rings is 2. The first-order valence-corrected chi connectivity index (χ1v) is 11.7. The Morgan fingerprint density at radius 1 is 1.12 bits per heavy atom.